The van der Waals surface area contributed by atoms with Gasteiger partial charge in [0.2, 0.25) is 0 Å². The van der Waals surface area contributed by atoms with Crippen LogP contribution in [0.1, 0.15) is 25.0 Å². The second-order valence-electron chi connectivity index (χ2n) is 5.24. The van der Waals surface area contributed by atoms with Gasteiger partial charge in [-0.2, -0.15) is 0 Å². The lowest BCUT2D eigenvalue weighted by Crippen LogP contribution is -2.48. The maximum atomic E-state index is 11.2. The molecule has 1 unspecified atom stereocenters. The van der Waals surface area contributed by atoms with Gasteiger partial charge >= 0.3 is 0 Å². The molecule has 0 aliphatic heterocycles. The van der Waals surface area contributed by atoms with Crippen LogP contribution in [0.5, 0.6) is 0 Å². The average Bonchev–Trinajstić information content (AvgIpc) is 2.41. The molecule has 20 heavy (non-hydrogen) atoms. The third kappa shape index (κ3) is 2.45. The van der Waals surface area contributed by atoms with Gasteiger partial charge in [0, 0.05) is 5.56 Å². The molecule has 0 aromatic heterocycles. The van der Waals surface area contributed by atoms with Crippen LogP contribution in [0.2, 0.25) is 10.0 Å². The molecule has 2 aromatic carbocycles. The van der Waals surface area contributed by atoms with Gasteiger partial charge in [-0.1, -0.05) is 65.7 Å². The van der Waals surface area contributed by atoms with E-state index < -0.39 is 11.2 Å². The lowest BCUT2D eigenvalue weighted by atomic mass is 9.75. The number of hydrogen-bond donors (Lipinski definition) is 2. The summed E-state index contributed by atoms with van der Waals surface area (Å²) in [6.07, 6.45) is 0. The molecule has 2 N–H and O–H groups in total. The summed E-state index contributed by atoms with van der Waals surface area (Å²) in [6, 6.07) is 13.9. The van der Waals surface area contributed by atoms with E-state index in [1.807, 2.05) is 6.07 Å². The normalized spacial score (nSPS) is 14.9. The Morgan fingerprint density at radius 1 is 0.850 bits per heavy atom. The number of halogens is 2. The van der Waals surface area contributed by atoms with E-state index in [-0.39, 0.29) is 5.02 Å². The number of hydrogen-bond acceptors (Lipinski definition) is 2. The fraction of sp³-hybridized carbons (Fsp3) is 0.250. The Morgan fingerprint density at radius 3 is 2.00 bits per heavy atom. The number of aliphatic hydroxyl groups is 2. The van der Waals surface area contributed by atoms with Crippen molar-refractivity contribution in [1.82, 2.24) is 0 Å². The molecule has 106 valence electrons. The third-order valence-electron chi connectivity index (χ3n) is 3.42. The molecule has 0 fully saturated rings. The summed E-state index contributed by atoms with van der Waals surface area (Å²) in [6.45, 7) is 3.08. The summed E-state index contributed by atoms with van der Waals surface area (Å²) in [4.78, 5) is 0. The van der Waals surface area contributed by atoms with Crippen molar-refractivity contribution in [3.63, 3.8) is 0 Å². The fourth-order valence-corrected chi connectivity index (χ4v) is 2.74. The van der Waals surface area contributed by atoms with E-state index in [2.05, 4.69) is 0 Å². The monoisotopic (exact) mass is 310 g/mol. The molecular formula is C16H16Cl2O2. The fourth-order valence-electron chi connectivity index (χ4n) is 2.30. The van der Waals surface area contributed by atoms with Gasteiger partial charge in [-0.25, -0.2) is 0 Å². The van der Waals surface area contributed by atoms with Crippen LogP contribution in [0.3, 0.4) is 0 Å². The molecule has 0 aliphatic rings. The van der Waals surface area contributed by atoms with Gasteiger partial charge in [0.25, 0.3) is 0 Å². The molecule has 2 rings (SSSR count). The quantitative estimate of drug-likeness (QED) is 0.899. The highest BCUT2D eigenvalue weighted by atomic mass is 35.5. The zero-order valence-electron chi connectivity index (χ0n) is 11.3. The molecule has 0 saturated heterocycles. The highest BCUT2D eigenvalue weighted by molar-refractivity contribution is 6.42. The van der Waals surface area contributed by atoms with Crippen LogP contribution in [0.15, 0.2) is 48.5 Å². The molecular weight excluding hydrogens is 295 g/mol. The van der Waals surface area contributed by atoms with Crippen molar-refractivity contribution in [2.24, 2.45) is 0 Å². The highest BCUT2D eigenvalue weighted by Crippen LogP contribution is 2.43. The second kappa shape index (κ2) is 5.38. The zero-order valence-corrected chi connectivity index (χ0v) is 12.8. The molecule has 2 nitrogen and oxygen atoms in total. The Bertz CT molecular complexity index is 606. The van der Waals surface area contributed by atoms with Gasteiger partial charge in [0.1, 0.15) is 5.60 Å². The first kappa shape index (κ1) is 15.3. The lowest BCUT2D eigenvalue weighted by molar-refractivity contribution is -0.110. The number of rotatable bonds is 3. The van der Waals surface area contributed by atoms with Crippen molar-refractivity contribution >= 4 is 23.2 Å². The van der Waals surface area contributed by atoms with Crippen molar-refractivity contribution in [3.8, 4) is 0 Å². The smallest absolute Gasteiger partial charge is 0.144 e. The highest BCUT2D eigenvalue weighted by Gasteiger charge is 2.46. The molecule has 0 radical (unpaired) electrons. The summed E-state index contributed by atoms with van der Waals surface area (Å²) >= 11 is 12.3. The summed E-state index contributed by atoms with van der Waals surface area (Å²) in [7, 11) is 0. The minimum absolute atomic E-state index is 0.239. The number of benzene rings is 2. The van der Waals surface area contributed by atoms with Crippen LogP contribution in [-0.4, -0.2) is 15.8 Å². The lowest BCUT2D eigenvalue weighted by Gasteiger charge is -2.40. The predicted octanol–water partition coefficient (Wildman–Crippen LogP) is 4.00. The Labute approximate surface area is 128 Å². The van der Waals surface area contributed by atoms with Crippen molar-refractivity contribution in [3.05, 3.63) is 69.7 Å². The first-order chi connectivity index (χ1) is 9.28. The van der Waals surface area contributed by atoms with Crippen LogP contribution in [0, 0.1) is 0 Å². The average molecular weight is 311 g/mol. The first-order valence-electron chi connectivity index (χ1n) is 6.23. The maximum absolute atomic E-state index is 11.2. The van der Waals surface area contributed by atoms with Crippen LogP contribution >= 0.6 is 23.2 Å². The molecule has 4 heteroatoms. The molecule has 0 aliphatic carbocycles. The minimum atomic E-state index is -1.66. The Balaban J connectivity index is 2.75. The summed E-state index contributed by atoms with van der Waals surface area (Å²) in [5, 5.41) is 22.3. The largest absolute Gasteiger partial charge is 0.387 e. The maximum Gasteiger partial charge on any atom is 0.144 e. The van der Waals surface area contributed by atoms with Gasteiger partial charge in [-0.05, 0) is 25.5 Å². The standard InChI is InChI=1S/C16H16Cl2O2/c1-15(2,19)16(20,11-7-4-3-5-8-11)12-9-6-10-13(17)14(12)18/h3-10,19-20H,1-2H3. The van der Waals surface area contributed by atoms with Crippen molar-refractivity contribution in [1.29, 1.82) is 0 Å². The summed E-state index contributed by atoms with van der Waals surface area (Å²) < 4.78 is 0. The van der Waals surface area contributed by atoms with Crippen LogP contribution in [0.4, 0.5) is 0 Å². The second-order valence-corrected chi connectivity index (χ2v) is 6.02. The van der Waals surface area contributed by atoms with E-state index in [4.69, 9.17) is 23.2 Å². The Kier molecular flexibility index (Phi) is 4.12. The molecule has 2 aromatic rings. The van der Waals surface area contributed by atoms with Crippen molar-refractivity contribution < 1.29 is 10.2 Å². The van der Waals surface area contributed by atoms with E-state index in [1.165, 1.54) is 13.8 Å². The van der Waals surface area contributed by atoms with E-state index in [0.29, 0.717) is 16.1 Å². The van der Waals surface area contributed by atoms with Crippen LogP contribution in [-0.2, 0) is 5.60 Å². The zero-order chi connectivity index (χ0) is 15.0. The van der Waals surface area contributed by atoms with Crippen molar-refractivity contribution in [2.75, 3.05) is 0 Å². The topological polar surface area (TPSA) is 40.5 Å². The van der Waals surface area contributed by atoms with Gasteiger partial charge in [0.05, 0.1) is 15.6 Å². The van der Waals surface area contributed by atoms with Crippen LogP contribution in [0.25, 0.3) is 0 Å². The van der Waals surface area contributed by atoms with E-state index in [0.717, 1.165) is 0 Å². The predicted molar refractivity (Wildman–Crippen MR) is 82.2 cm³/mol. The molecule has 1 atom stereocenters. The summed E-state index contributed by atoms with van der Waals surface area (Å²) in [5.74, 6) is 0. The van der Waals surface area contributed by atoms with E-state index in [1.54, 1.807) is 42.5 Å². The Hall–Kier alpha value is -1.06. The van der Waals surface area contributed by atoms with E-state index >= 15 is 0 Å². The van der Waals surface area contributed by atoms with Crippen molar-refractivity contribution in [2.45, 2.75) is 25.0 Å². The van der Waals surface area contributed by atoms with Gasteiger partial charge in [0.15, 0.2) is 0 Å². The molecule has 0 saturated carbocycles. The molecule has 0 heterocycles. The first-order valence-corrected chi connectivity index (χ1v) is 6.99. The van der Waals surface area contributed by atoms with Gasteiger partial charge in [-0.15, -0.1) is 0 Å². The van der Waals surface area contributed by atoms with E-state index in [9.17, 15) is 10.2 Å². The SMILES string of the molecule is CC(C)(O)C(O)(c1ccccc1)c1cccc(Cl)c1Cl. The Morgan fingerprint density at radius 2 is 1.45 bits per heavy atom. The third-order valence-corrected chi connectivity index (χ3v) is 4.24. The molecule has 0 amide bonds. The summed E-state index contributed by atoms with van der Waals surface area (Å²) in [5.41, 5.74) is -2.17. The minimum Gasteiger partial charge on any atom is -0.387 e. The van der Waals surface area contributed by atoms with Crippen LogP contribution < -0.4 is 0 Å². The van der Waals surface area contributed by atoms with Gasteiger partial charge < -0.3 is 10.2 Å². The van der Waals surface area contributed by atoms with Gasteiger partial charge in [-0.3, -0.25) is 0 Å². The molecule has 0 bridgehead atoms. The molecule has 0 spiro atoms.